The summed E-state index contributed by atoms with van der Waals surface area (Å²) in [6.07, 6.45) is 1.73. The molecule has 0 amide bonds. The summed E-state index contributed by atoms with van der Waals surface area (Å²) in [6, 6.07) is 9.67. The molecule has 0 fully saturated rings. The first-order valence-electron chi connectivity index (χ1n) is 6.23. The van der Waals surface area contributed by atoms with Crippen molar-refractivity contribution >= 4 is 11.0 Å². The second-order valence-corrected chi connectivity index (χ2v) is 4.69. The third-order valence-electron chi connectivity index (χ3n) is 3.04. The molecular formula is C15H15N3O. The number of para-hydroxylation sites is 1. The molecule has 0 radical (unpaired) electrons. The zero-order valence-electron chi connectivity index (χ0n) is 10.9. The maximum Gasteiger partial charge on any atom is 0.145 e. The van der Waals surface area contributed by atoms with E-state index in [4.69, 9.17) is 10.2 Å². The molecule has 3 rings (SSSR count). The third kappa shape index (κ3) is 2.11. The lowest BCUT2D eigenvalue weighted by Gasteiger charge is -2.07. The fraction of sp³-hybridized carbons (Fsp3) is 0.200. The molecule has 96 valence electrons. The van der Waals surface area contributed by atoms with E-state index in [1.165, 1.54) is 0 Å². The van der Waals surface area contributed by atoms with Crippen molar-refractivity contribution in [2.24, 2.45) is 5.73 Å². The normalized spacial score (nSPS) is 12.8. The first-order valence-corrected chi connectivity index (χ1v) is 6.23. The van der Waals surface area contributed by atoms with E-state index in [-0.39, 0.29) is 6.04 Å². The fourth-order valence-corrected chi connectivity index (χ4v) is 2.11. The summed E-state index contributed by atoms with van der Waals surface area (Å²) in [6.45, 7) is 3.82. The van der Waals surface area contributed by atoms with Crippen LogP contribution in [0.4, 0.5) is 0 Å². The van der Waals surface area contributed by atoms with Crippen LogP contribution in [-0.4, -0.2) is 9.97 Å². The van der Waals surface area contributed by atoms with Crippen LogP contribution in [0.2, 0.25) is 0 Å². The van der Waals surface area contributed by atoms with Crippen molar-refractivity contribution in [3.8, 4) is 11.3 Å². The number of hydrogen-bond acceptors (Lipinski definition) is 4. The quantitative estimate of drug-likeness (QED) is 0.761. The van der Waals surface area contributed by atoms with Crippen molar-refractivity contribution in [2.75, 3.05) is 0 Å². The van der Waals surface area contributed by atoms with Crippen LogP contribution < -0.4 is 5.73 Å². The summed E-state index contributed by atoms with van der Waals surface area (Å²) in [7, 11) is 0. The van der Waals surface area contributed by atoms with Gasteiger partial charge in [-0.05, 0) is 26.0 Å². The number of aromatic nitrogens is 2. The molecule has 1 aromatic carbocycles. The molecule has 19 heavy (non-hydrogen) atoms. The second-order valence-electron chi connectivity index (χ2n) is 4.69. The van der Waals surface area contributed by atoms with Crippen molar-refractivity contribution in [1.29, 1.82) is 0 Å². The van der Waals surface area contributed by atoms with Gasteiger partial charge in [-0.2, -0.15) is 0 Å². The minimum atomic E-state index is -0.184. The van der Waals surface area contributed by atoms with Crippen molar-refractivity contribution < 1.29 is 4.42 Å². The molecule has 3 aromatic rings. The van der Waals surface area contributed by atoms with Gasteiger partial charge in [-0.15, -0.1) is 0 Å². The van der Waals surface area contributed by atoms with Gasteiger partial charge in [0.25, 0.3) is 0 Å². The predicted molar refractivity (Wildman–Crippen MR) is 74.6 cm³/mol. The molecule has 2 aromatic heterocycles. The largest absolute Gasteiger partial charge is 0.464 e. The maximum absolute atomic E-state index is 5.87. The van der Waals surface area contributed by atoms with Crippen molar-refractivity contribution in [2.45, 2.75) is 19.9 Å². The zero-order valence-corrected chi connectivity index (χ0v) is 10.9. The summed E-state index contributed by atoms with van der Waals surface area (Å²) in [5.41, 5.74) is 9.46. The van der Waals surface area contributed by atoms with Gasteiger partial charge in [-0.25, -0.2) is 9.97 Å². The van der Waals surface area contributed by atoms with Gasteiger partial charge in [0.1, 0.15) is 17.7 Å². The van der Waals surface area contributed by atoms with E-state index < -0.39 is 0 Å². The Morgan fingerprint density at radius 2 is 2.00 bits per heavy atom. The standard InChI is InChI=1S/C15H15N3O/c1-9-7-13(18-15(17-9)10(2)16)12-8-19-14-6-4-3-5-11(12)14/h3-8,10H,16H2,1-2H3. The van der Waals surface area contributed by atoms with E-state index in [2.05, 4.69) is 9.97 Å². The van der Waals surface area contributed by atoms with Gasteiger partial charge in [-0.3, -0.25) is 0 Å². The van der Waals surface area contributed by atoms with Gasteiger partial charge in [0.15, 0.2) is 0 Å². The monoisotopic (exact) mass is 253 g/mol. The summed E-state index contributed by atoms with van der Waals surface area (Å²) < 4.78 is 5.55. The Kier molecular flexibility index (Phi) is 2.80. The van der Waals surface area contributed by atoms with E-state index in [0.717, 1.165) is 27.9 Å². The van der Waals surface area contributed by atoms with Crippen LogP contribution in [0, 0.1) is 6.92 Å². The van der Waals surface area contributed by atoms with Crippen LogP contribution >= 0.6 is 0 Å². The number of furan rings is 1. The third-order valence-corrected chi connectivity index (χ3v) is 3.04. The molecule has 4 nitrogen and oxygen atoms in total. The topological polar surface area (TPSA) is 64.9 Å². The first-order chi connectivity index (χ1) is 9.15. The highest BCUT2D eigenvalue weighted by Gasteiger charge is 2.12. The zero-order chi connectivity index (χ0) is 13.4. The van der Waals surface area contributed by atoms with Crippen LogP contribution in [-0.2, 0) is 0 Å². The lowest BCUT2D eigenvalue weighted by molar-refractivity contribution is 0.616. The first kappa shape index (κ1) is 11.9. The van der Waals surface area contributed by atoms with Crippen molar-refractivity contribution in [3.05, 3.63) is 48.1 Å². The summed E-state index contributed by atoms with van der Waals surface area (Å²) in [4.78, 5) is 8.89. The van der Waals surface area contributed by atoms with Gasteiger partial charge in [0.2, 0.25) is 0 Å². The van der Waals surface area contributed by atoms with E-state index in [1.54, 1.807) is 6.26 Å². The van der Waals surface area contributed by atoms with E-state index in [1.807, 2.05) is 44.2 Å². The molecule has 0 aliphatic rings. The number of hydrogen-bond donors (Lipinski definition) is 1. The van der Waals surface area contributed by atoms with Gasteiger partial charge in [-0.1, -0.05) is 18.2 Å². The number of benzene rings is 1. The summed E-state index contributed by atoms with van der Waals surface area (Å²) in [5, 5.41) is 1.05. The Morgan fingerprint density at radius 1 is 1.21 bits per heavy atom. The predicted octanol–water partition coefficient (Wildman–Crippen LogP) is 3.22. The van der Waals surface area contributed by atoms with E-state index in [0.29, 0.717) is 5.82 Å². The Hall–Kier alpha value is -2.20. The Bertz CT molecular complexity index is 731. The Balaban J connectivity index is 2.21. The molecule has 0 saturated heterocycles. The lowest BCUT2D eigenvalue weighted by Crippen LogP contribution is -2.11. The molecule has 0 spiro atoms. The molecule has 4 heteroatoms. The molecule has 0 aliphatic carbocycles. The molecule has 2 N–H and O–H groups in total. The SMILES string of the molecule is Cc1cc(-c2coc3ccccc23)nc(C(C)N)n1. The molecule has 1 unspecified atom stereocenters. The smallest absolute Gasteiger partial charge is 0.145 e. The molecule has 0 bridgehead atoms. The van der Waals surface area contributed by atoms with Crippen molar-refractivity contribution in [1.82, 2.24) is 9.97 Å². The number of fused-ring (bicyclic) bond motifs is 1. The van der Waals surface area contributed by atoms with Crippen molar-refractivity contribution in [3.63, 3.8) is 0 Å². The molecule has 1 atom stereocenters. The van der Waals surface area contributed by atoms with Crippen LogP contribution in [0.25, 0.3) is 22.2 Å². The molecule has 0 aliphatic heterocycles. The van der Waals surface area contributed by atoms with E-state index in [9.17, 15) is 0 Å². The van der Waals surface area contributed by atoms with Crippen LogP contribution in [0.5, 0.6) is 0 Å². The number of rotatable bonds is 2. The average molecular weight is 253 g/mol. The highest BCUT2D eigenvalue weighted by molar-refractivity contribution is 5.92. The Morgan fingerprint density at radius 3 is 2.79 bits per heavy atom. The van der Waals surface area contributed by atoms with E-state index >= 15 is 0 Å². The van der Waals surface area contributed by atoms with Crippen LogP contribution in [0.15, 0.2) is 41.0 Å². The lowest BCUT2D eigenvalue weighted by atomic mass is 10.1. The number of nitrogens with zero attached hydrogens (tertiary/aromatic N) is 2. The van der Waals surface area contributed by atoms with Gasteiger partial charge >= 0.3 is 0 Å². The minimum Gasteiger partial charge on any atom is -0.464 e. The van der Waals surface area contributed by atoms with Crippen LogP contribution in [0.3, 0.4) is 0 Å². The highest BCUT2D eigenvalue weighted by atomic mass is 16.3. The number of aryl methyl sites for hydroxylation is 1. The minimum absolute atomic E-state index is 0.184. The fourth-order valence-electron chi connectivity index (χ4n) is 2.11. The molecular weight excluding hydrogens is 238 g/mol. The van der Waals surface area contributed by atoms with Gasteiger partial charge in [0, 0.05) is 16.6 Å². The Labute approximate surface area is 111 Å². The second kappa shape index (κ2) is 4.48. The summed E-state index contributed by atoms with van der Waals surface area (Å²) in [5.74, 6) is 0.653. The number of nitrogens with two attached hydrogens (primary N) is 1. The van der Waals surface area contributed by atoms with Crippen LogP contribution in [0.1, 0.15) is 24.5 Å². The molecule has 2 heterocycles. The molecule has 0 saturated carbocycles. The summed E-state index contributed by atoms with van der Waals surface area (Å²) >= 11 is 0. The van der Waals surface area contributed by atoms with Gasteiger partial charge < -0.3 is 10.2 Å². The highest BCUT2D eigenvalue weighted by Crippen LogP contribution is 2.29. The van der Waals surface area contributed by atoms with Gasteiger partial charge in [0.05, 0.1) is 11.7 Å². The maximum atomic E-state index is 5.87. The average Bonchev–Trinajstić information content (AvgIpc) is 2.81.